The third-order valence-corrected chi connectivity index (χ3v) is 6.28. The van der Waals surface area contributed by atoms with E-state index in [-0.39, 0.29) is 0 Å². The maximum atomic E-state index is 12.2. The Balaban J connectivity index is 1.60. The van der Waals surface area contributed by atoms with E-state index in [1.54, 1.807) is 0 Å². The van der Waals surface area contributed by atoms with Gasteiger partial charge < -0.3 is 4.90 Å². The molecule has 1 saturated carbocycles. The zero-order chi connectivity index (χ0) is 15.4. The Hall–Kier alpha value is -0.970. The minimum atomic E-state index is 0.326. The summed E-state index contributed by atoms with van der Waals surface area (Å²) in [5, 5.41) is 11.3. The third kappa shape index (κ3) is 3.67. The number of amides is 1. The summed E-state index contributed by atoms with van der Waals surface area (Å²) in [6.07, 6.45) is 10.3. The zero-order valence-electron chi connectivity index (χ0n) is 13.6. The first-order chi connectivity index (χ1) is 10.8. The summed E-state index contributed by atoms with van der Waals surface area (Å²) in [6, 6.07) is 0. The van der Waals surface area contributed by atoms with E-state index in [0.717, 1.165) is 43.8 Å². The van der Waals surface area contributed by atoms with Gasteiger partial charge in [-0.1, -0.05) is 26.2 Å². The standard InChI is InChI=1S/C17H27N3OS/c1-2-3-10-15(21)20-11-6-9-14(12-20)17-19-18-16(22-17)13-7-4-5-8-13/h13-14H,2-12H2,1H3. The van der Waals surface area contributed by atoms with Gasteiger partial charge in [-0.2, -0.15) is 0 Å². The topological polar surface area (TPSA) is 46.1 Å². The summed E-state index contributed by atoms with van der Waals surface area (Å²) in [6.45, 7) is 3.91. The van der Waals surface area contributed by atoms with Crippen molar-refractivity contribution in [1.29, 1.82) is 0 Å². The maximum absolute atomic E-state index is 12.2. The van der Waals surface area contributed by atoms with Crippen molar-refractivity contribution in [2.75, 3.05) is 13.1 Å². The average Bonchev–Trinajstić information content (AvgIpc) is 3.23. The number of piperidine rings is 1. The fourth-order valence-corrected chi connectivity index (χ4v) is 4.78. The van der Waals surface area contributed by atoms with Gasteiger partial charge in [0, 0.05) is 31.3 Å². The molecule has 1 unspecified atom stereocenters. The van der Waals surface area contributed by atoms with Gasteiger partial charge in [-0.05, 0) is 32.1 Å². The van der Waals surface area contributed by atoms with E-state index in [1.165, 1.54) is 30.7 Å². The van der Waals surface area contributed by atoms with E-state index in [0.29, 0.717) is 24.2 Å². The monoisotopic (exact) mass is 321 g/mol. The third-order valence-electron chi connectivity index (χ3n) is 5.03. The summed E-state index contributed by atoms with van der Waals surface area (Å²) >= 11 is 1.81. The number of hydrogen-bond acceptors (Lipinski definition) is 4. The first kappa shape index (κ1) is 15.9. The number of nitrogens with zero attached hydrogens (tertiary/aromatic N) is 3. The van der Waals surface area contributed by atoms with E-state index in [1.807, 2.05) is 11.3 Å². The largest absolute Gasteiger partial charge is 0.342 e. The van der Waals surface area contributed by atoms with Gasteiger partial charge in [0.1, 0.15) is 10.0 Å². The molecule has 1 aromatic heterocycles. The molecule has 4 nitrogen and oxygen atoms in total. The van der Waals surface area contributed by atoms with Crippen LogP contribution in [0.3, 0.4) is 0 Å². The Bertz CT molecular complexity index is 496. The van der Waals surface area contributed by atoms with Crippen molar-refractivity contribution in [1.82, 2.24) is 15.1 Å². The number of rotatable bonds is 5. The molecule has 22 heavy (non-hydrogen) atoms. The molecular formula is C17H27N3OS. The quantitative estimate of drug-likeness (QED) is 0.820. The summed E-state index contributed by atoms with van der Waals surface area (Å²) in [4.78, 5) is 14.3. The molecule has 1 amide bonds. The second-order valence-electron chi connectivity index (χ2n) is 6.74. The van der Waals surface area contributed by atoms with E-state index >= 15 is 0 Å². The minimum absolute atomic E-state index is 0.326. The smallest absolute Gasteiger partial charge is 0.222 e. The van der Waals surface area contributed by atoms with Crippen LogP contribution in [0.2, 0.25) is 0 Å². The highest BCUT2D eigenvalue weighted by Crippen LogP contribution is 2.38. The number of carbonyl (C=O) groups excluding carboxylic acids is 1. The van der Waals surface area contributed by atoms with Crippen LogP contribution in [0, 0.1) is 0 Å². The van der Waals surface area contributed by atoms with Crippen LogP contribution in [0.4, 0.5) is 0 Å². The van der Waals surface area contributed by atoms with E-state index in [9.17, 15) is 4.79 Å². The molecule has 0 aromatic carbocycles. The van der Waals surface area contributed by atoms with Gasteiger partial charge in [0.05, 0.1) is 0 Å². The number of carbonyl (C=O) groups is 1. The van der Waals surface area contributed by atoms with Crippen LogP contribution in [-0.4, -0.2) is 34.1 Å². The Kier molecular flexibility index (Phi) is 5.45. The van der Waals surface area contributed by atoms with Crippen molar-refractivity contribution in [2.45, 2.75) is 76.5 Å². The number of aromatic nitrogens is 2. The van der Waals surface area contributed by atoms with Crippen molar-refractivity contribution in [3.05, 3.63) is 10.0 Å². The molecule has 1 aliphatic carbocycles. The van der Waals surface area contributed by atoms with Crippen molar-refractivity contribution in [3.63, 3.8) is 0 Å². The molecule has 2 aliphatic rings. The van der Waals surface area contributed by atoms with Crippen molar-refractivity contribution < 1.29 is 4.79 Å². The van der Waals surface area contributed by atoms with Crippen LogP contribution in [0.25, 0.3) is 0 Å². The van der Waals surface area contributed by atoms with Crippen LogP contribution < -0.4 is 0 Å². The number of unbranched alkanes of at least 4 members (excludes halogenated alkanes) is 1. The highest BCUT2D eigenvalue weighted by atomic mass is 32.1. The number of likely N-dealkylation sites (tertiary alicyclic amines) is 1. The van der Waals surface area contributed by atoms with E-state index in [4.69, 9.17) is 0 Å². The zero-order valence-corrected chi connectivity index (χ0v) is 14.4. The van der Waals surface area contributed by atoms with Crippen molar-refractivity contribution in [2.24, 2.45) is 0 Å². The Morgan fingerprint density at radius 2 is 1.82 bits per heavy atom. The van der Waals surface area contributed by atoms with E-state index < -0.39 is 0 Å². The molecule has 3 rings (SSSR count). The lowest BCUT2D eigenvalue weighted by molar-refractivity contribution is -0.132. The molecule has 1 atom stereocenters. The summed E-state index contributed by atoms with van der Waals surface area (Å²) in [5.74, 6) is 1.39. The highest BCUT2D eigenvalue weighted by Gasteiger charge is 2.28. The van der Waals surface area contributed by atoms with Crippen molar-refractivity contribution >= 4 is 17.2 Å². The first-order valence-electron chi connectivity index (χ1n) is 8.89. The van der Waals surface area contributed by atoms with Crippen LogP contribution in [-0.2, 0) is 4.79 Å². The second kappa shape index (κ2) is 7.53. The maximum Gasteiger partial charge on any atom is 0.222 e. The lowest BCUT2D eigenvalue weighted by atomic mass is 9.98. The van der Waals surface area contributed by atoms with Gasteiger partial charge in [0.25, 0.3) is 0 Å². The van der Waals surface area contributed by atoms with Gasteiger partial charge >= 0.3 is 0 Å². The lowest BCUT2D eigenvalue weighted by Crippen LogP contribution is -2.38. The summed E-state index contributed by atoms with van der Waals surface area (Å²) in [7, 11) is 0. The molecule has 122 valence electrons. The molecule has 2 heterocycles. The molecule has 0 N–H and O–H groups in total. The van der Waals surface area contributed by atoms with Crippen molar-refractivity contribution in [3.8, 4) is 0 Å². The molecule has 2 fully saturated rings. The van der Waals surface area contributed by atoms with Gasteiger partial charge in [0.2, 0.25) is 5.91 Å². The lowest BCUT2D eigenvalue weighted by Gasteiger charge is -2.31. The summed E-state index contributed by atoms with van der Waals surface area (Å²) < 4.78 is 0. The number of hydrogen-bond donors (Lipinski definition) is 0. The molecule has 1 aromatic rings. The first-order valence-corrected chi connectivity index (χ1v) is 9.70. The Morgan fingerprint density at radius 1 is 1.14 bits per heavy atom. The van der Waals surface area contributed by atoms with Gasteiger partial charge in [0.15, 0.2) is 0 Å². The van der Waals surface area contributed by atoms with Gasteiger partial charge in [-0.25, -0.2) is 0 Å². The Morgan fingerprint density at radius 3 is 2.55 bits per heavy atom. The molecule has 5 heteroatoms. The minimum Gasteiger partial charge on any atom is -0.342 e. The fraction of sp³-hybridized carbons (Fsp3) is 0.824. The molecular weight excluding hydrogens is 294 g/mol. The van der Waals surface area contributed by atoms with Crippen LogP contribution in [0.5, 0.6) is 0 Å². The molecule has 0 bridgehead atoms. The van der Waals surface area contributed by atoms with Crippen LogP contribution in [0.1, 0.15) is 86.6 Å². The fourth-order valence-electron chi connectivity index (χ4n) is 3.64. The molecule has 1 aliphatic heterocycles. The predicted molar refractivity (Wildman–Crippen MR) is 89.2 cm³/mol. The second-order valence-corrected chi connectivity index (χ2v) is 7.78. The normalized spacial score (nSPS) is 23.1. The average molecular weight is 321 g/mol. The van der Waals surface area contributed by atoms with Gasteiger partial charge in [-0.3, -0.25) is 4.79 Å². The van der Waals surface area contributed by atoms with Crippen LogP contribution >= 0.6 is 11.3 Å². The molecule has 0 spiro atoms. The van der Waals surface area contributed by atoms with E-state index in [2.05, 4.69) is 22.0 Å². The Labute approximate surface area is 137 Å². The molecule has 1 saturated heterocycles. The summed E-state index contributed by atoms with van der Waals surface area (Å²) in [5.41, 5.74) is 0. The van der Waals surface area contributed by atoms with Gasteiger partial charge in [-0.15, -0.1) is 21.5 Å². The predicted octanol–water partition coefficient (Wildman–Crippen LogP) is 4.09. The highest BCUT2D eigenvalue weighted by molar-refractivity contribution is 7.11. The van der Waals surface area contributed by atoms with Crippen LogP contribution in [0.15, 0.2) is 0 Å². The SMILES string of the molecule is CCCCC(=O)N1CCCC(c2nnc(C3CCCC3)s2)C1. The molecule has 0 radical (unpaired) electrons.